The molecule has 0 saturated heterocycles. The van der Waals surface area contributed by atoms with E-state index in [4.69, 9.17) is 0 Å². The van der Waals surface area contributed by atoms with Gasteiger partial charge < -0.3 is 5.32 Å². The Balaban J connectivity index is 2.67. The van der Waals surface area contributed by atoms with Gasteiger partial charge in [0.1, 0.15) is 0 Å². The highest BCUT2D eigenvalue weighted by Gasteiger charge is 2.22. The van der Waals surface area contributed by atoms with Crippen LogP contribution < -0.4 is 5.32 Å². The fourth-order valence-corrected chi connectivity index (χ4v) is 2.43. The molecule has 0 fully saturated rings. The highest BCUT2D eigenvalue weighted by Crippen LogP contribution is 2.14. The summed E-state index contributed by atoms with van der Waals surface area (Å²) in [5.74, 6) is 0.401. The summed E-state index contributed by atoms with van der Waals surface area (Å²) < 4.78 is 0. The first kappa shape index (κ1) is 13.4. The van der Waals surface area contributed by atoms with Crippen LogP contribution >= 0.6 is 11.3 Å². The Hall–Kier alpha value is -0.670. The van der Waals surface area contributed by atoms with Crippen molar-refractivity contribution in [1.29, 1.82) is 0 Å². The van der Waals surface area contributed by atoms with Gasteiger partial charge in [0.25, 0.3) is 0 Å². The maximum Gasteiger partial charge on any atom is 0.152 e. The summed E-state index contributed by atoms with van der Waals surface area (Å²) in [5.41, 5.74) is 0. The maximum absolute atomic E-state index is 12.0. The van der Waals surface area contributed by atoms with E-state index in [0.717, 1.165) is 6.42 Å². The van der Waals surface area contributed by atoms with E-state index in [0.29, 0.717) is 11.8 Å². The molecule has 0 aliphatic carbocycles. The van der Waals surface area contributed by atoms with Crippen LogP contribution in [0, 0.1) is 5.92 Å². The van der Waals surface area contributed by atoms with Crippen LogP contribution in [0.4, 0.5) is 0 Å². The Bertz CT molecular complexity index is 317. The van der Waals surface area contributed by atoms with Crippen LogP contribution in [0.2, 0.25) is 0 Å². The maximum atomic E-state index is 12.0. The summed E-state index contributed by atoms with van der Waals surface area (Å²) in [6, 6.07) is 4.42. The van der Waals surface area contributed by atoms with Crippen molar-refractivity contribution in [2.24, 2.45) is 5.92 Å². The SMILES string of the molecule is CC(C)NC(Cc1cccs1)C(=O)C(C)C. The number of nitrogens with one attached hydrogen (secondary N) is 1. The topological polar surface area (TPSA) is 29.1 Å². The molecule has 0 aromatic carbocycles. The minimum Gasteiger partial charge on any atom is -0.305 e. The normalized spacial score (nSPS) is 13.4. The molecule has 1 atom stereocenters. The van der Waals surface area contributed by atoms with Gasteiger partial charge in [0, 0.05) is 23.3 Å². The molecule has 1 N–H and O–H groups in total. The highest BCUT2D eigenvalue weighted by atomic mass is 32.1. The van der Waals surface area contributed by atoms with Gasteiger partial charge in [0.2, 0.25) is 0 Å². The van der Waals surface area contributed by atoms with Crippen molar-refractivity contribution in [3.05, 3.63) is 22.4 Å². The second kappa shape index (κ2) is 6.16. The second-order valence-electron chi connectivity index (χ2n) is 4.71. The van der Waals surface area contributed by atoms with Crippen LogP contribution in [0.15, 0.2) is 17.5 Å². The lowest BCUT2D eigenvalue weighted by Gasteiger charge is -2.21. The molecule has 1 rings (SSSR count). The molecule has 0 aliphatic heterocycles. The average molecular weight is 239 g/mol. The third kappa shape index (κ3) is 4.06. The van der Waals surface area contributed by atoms with Gasteiger partial charge in [-0.1, -0.05) is 33.8 Å². The van der Waals surface area contributed by atoms with Gasteiger partial charge in [-0.15, -0.1) is 11.3 Å². The first-order valence-corrected chi connectivity index (χ1v) is 6.70. The van der Waals surface area contributed by atoms with E-state index in [1.807, 2.05) is 19.9 Å². The number of thiophene rings is 1. The van der Waals surface area contributed by atoms with E-state index < -0.39 is 0 Å². The van der Waals surface area contributed by atoms with E-state index in [2.05, 4.69) is 30.6 Å². The van der Waals surface area contributed by atoms with Gasteiger partial charge in [-0.05, 0) is 11.4 Å². The number of hydrogen-bond acceptors (Lipinski definition) is 3. The third-order valence-corrected chi connectivity index (χ3v) is 3.33. The summed E-state index contributed by atoms with van der Waals surface area (Å²) in [7, 11) is 0. The van der Waals surface area contributed by atoms with Gasteiger partial charge in [-0.3, -0.25) is 4.79 Å². The van der Waals surface area contributed by atoms with Crippen molar-refractivity contribution >= 4 is 17.1 Å². The zero-order valence-corrected chi connectivity index (χ0v) is 11.3. The summed E-state index contributed by atoms with van der Waals surface area (Å²) in [6.45, 7) is 8.08. The Labute approximate surface area is 102 Å². The number of carbonyl (C=O) groups excluding carboxylic acids is 1. The molecule has 0 spiro atoms. The molecule has 0 aliphatic rings. The minimum absolute atomic E-state index is 0.0429. The number of ketones is 1. The Morgan fingerprint density at radius 3 is 2.50 bits per heavy atom. The second-order valence-corrected chi connectivity index (χ2v) is 5.75. The van der Waals surface area contributed by atoms with E-state index in [1.54, 1.807) is 11.3 Å². The molecule has 90 valence electrons. The number of carbonyl (C=O) groups is 1. The first-order valence-electron chi connectivity index (χ1n) is 5.83. The largest absolute Gasteiger partial charge is 0.305 e. The van der Waals surface area contributed by atoms with E-state index in [9.17, 15) is 4.79 Å². The number of hydrogen-bond donors (Lipinski definition) is 1. The van der Waals surface area contributed by atoms with Gasteiger partial charge in [-0.2, -0.15) is 0 Å². The average Bonchev–Trinajstić information content (AvgIpc) is 2.67. The van der Waals surface area contributed by atoms with Gasteiger partial charge >= 0.3 is 0 Å². The standard InChI is InChI=1S/C13H21NOS/c1-9(2)13(15)12(14-10(3)4)8-11-6-5-7-16-11/h5-7,9-10,12,14H,8H2,1-4H3. The summed E-state index contributed by atoms with van der Waals surface area (Å²) in [5, 5.41) is 5.41. The quantitative estimate of drug-likeness (QED) is 0.827. The molecule has 0 bridgehead atoms. The molecule has 3 heteroatoms. The first-order chi connectivity index (χ1) is 7.50. The number of Topliss-reactive ketones (excluding diaryl/α,β-unsaturated/α-hetero) is 1. The lowest BCUT2D eigenvalue weighted by Crippen LogP contribution is -2.44. The lowest BCUT2D eigenvalue weighted by molar-refractivity contribution is -0.124. The van der Waals surface area contributed by atoms with Crippen molar-refractivity contribution in [3.8, 4) is 0 Å². The van der Waals surface area contributed by atoms with Crippen molar-refractivity contribution < 1.29 is 4.79 Å². The molecule has 1 unspecified atom stereocenters. The molecule has 16 heavy (non-hydrogen) atoms. The molecular formula is C13H21NOS. The van der Waals surface area contributed by atoms with Crippen LogP contribution in [0.1, 0.15) is 32.6 Å². The van der Waals surface area contributed by atoms with E-state index >= 15 is 0 Å². The van der Waals surface area contributed by atoms with Crippen LogP contribution in [-0.2, 0) is 11.2 Å². The van der Waals surface area contributed by atoms with E-state index in [1.165, 1.54) is 4.88 Å². The van der Waals surface area contributed by atoms with Crippen LogP contribution in [0.25, 0.3) is 0 Å². The molecule has 1 heterocycles. The van der Waals surface area contributed by atoms with Crippen LogP contribution in [0.3, 0.4) is 0 Å². The van der Waals surface area contributed by atoms with Crippen molar-refractivity contribution in [1.82, 2.24) is 5.32 Å². The third-order valence-electron chi connectivity index (χ3n) is 2.43. The van der Waals surface area contributed by atoms with Crippen LogP contribution in [-0.4, -0.2) is 17.9 Å². The highest BCUT2D eigenvalue weighted by molar-refractivity contribution is 7.09. The molecule has 1 aromatic rings. The summed E-state index contributed by atoms with van der Waals surface area (Å²) in [6.07, 6.45) is 0.812. The predicted octanol–water partition coefficient (Wildman–Crippen LogP) is 2.88. The fourth-order valence-electron chi connectivity index (χ4n) is 1.68. The number of rotatable bonds is 6. The minimum atomic E-state index is -0.0429. The smallest absolute Gasteiger partial charge is 0.152 e. The van der Waals surface area contributed by atoms with Gasteiger partial charge in [0.05, 0.1) is 6.04 Å². The molecular weight excluding hydrogens is 218 g/mol. The molecule has 0 amide bonds. The lowest BCUT2D eigenvalue weighted by atomic mass is 9.98. The molecule has 2 nitrogen and oxygen atoms in total. The van der Waals surface area contributed by atoms with E-state index in [-0.39, 0.29) is 12.0 Å². The Morgan fingerprint density at radius 2 is 2.06 bits per heavy atom. The molecule has 1 aromatic heterocycles. The predicted molar refractivity (Wildman–Crippen MR) is 69.9 cm³/mol. The monoisotopic (exact) mass is 239 g/mol. The van der Waals surface area contributed by atoms with Crippen molar-refractivity contribution in [2.45, 2.75) is 46.2 Å². The fraction of sp³-hybridized carbons (Fsp3) is 0.615. The Morgan fingerprint density at radius 1 is 1.38 bits per heavy atom. The Kier molecular flexibility index (Phi) is 5.16. The molecule has 0 radical (unpaired) electrons. The zero-order chi connectivity index (χ0) is 12.1. The zero-order valence-electron chi connectivity index (χ0n) is 10.5. The van der Waals surface area contributed by atoms with Crippen LogP contribution in [0.5, 0.6) is 0 Å². The van der Waals surface area contributed by atoms with Gasteiger partial charge in [-0.25, -0.2) is 0 Å². The summed E-state index contributed by atoms with van der Waals surface area (Å²) >= 11 is 1.72. The molecule has 0 saturated carbocycles. The summed E-state index contributed by atoms with van der Waals surface area (Å²) in [4.78, 5) is 13.3. The van der Waals surface area contributed by atoms with Gasteiger partial charge in [0.15, 0.2) is 5.78 Å². The van der Waals surface area contributed by atoms with Crippen molar-refractivity contribution in [2.75, 3.05) is 0 Å². The van der Waals surface area contributed by atoms with Crippen molar-refractivity contribution in [3.63, 3.8) is 0 Å².